The molecule has 4 amide bonds. The number of hydrogen-bond acceptors (Lipinski definition) is 5. The SMILES string of the molecule is CC[C@]1(c2ccccc2)NC(=O)N(CC(=O)NC[C@@H]2COc3ccccc3O2)C1=O. The number of rotatable bonds is 6. The quantitative estimate of drug-likeness (QED) is 0.709. The standard InChI is InChI=1S/C22H23N3O5/c1-2-22(15-8-4-3-5-9-15)20(27)25(21(28)24-22)13-19(26)23-12-16-14-29-17-10-6-7-11-18(17)30-16/h3-11,16H,2,12-14H2,1H3,(H,23,26)(H,24,28)/t16-,22-/m1/s1. The summed E-state index contributed by atoms with van der Waals surface area (Å²) in [5.74, 6) is 0.410. The minimum absolute atomic E-state index is 0.203. The molecule has 2 N–H and O–H groups in total. The maximum Gasteiger partial charge on any atom is 0.325 e. The van der Waals surface area contributed by atoms with Crippen LogP contribution in [0.15, 0.2) is 54.6 Å². The third-order valence-corrected chi connectivity index (χ3v) is 5.37. The monoisotopic (exact) mass is 409 g/mol. The highest BCUT2D eigenvalue weighted by Crippen LogP contribution is 2.32. The fourth-order valence-electron chi connectivity index (χ4n) is 3.72. The Hall–Kier alpha value is -3.55. The highest BCUT2D eigenvalue weighted by atomic mass is 16.6. The summed E-state index contributed by atoms with van der Waals surface area (Å²) >= 11 is 0. The number of benzene rings is 2. The molecule has 0 aromatic heterocycles. The summed E-state index contributed by atoms with van der Waals surface area (Å²) in [5, 5.41) is 5.49. The summed E-state index contributed by atoms with van der Waals surface area (Å²) in [5.41, 5.74) is -0.456. The molecule has 8 nitrogen and oxygen atoms in total. The molecule has 0 saturated carbocycles. The molecule has 2 aliphatic rings. The summed E-state index contributed by atoms with van der Waals surface area (Å²) in [4.78, 5) is 38.9. The van der Waals surface area contributed by atoms with E-state index in [-0.39, 0.29) is 19.2 Å². The Labute approximate surface area is 174 Å². The molecule has 1 fully saturated rings. The third kappa shape index (κ3) is 3.56. The van der Waals surface area contributed by atoms with Gasteiger partial charge in [-0.15, -0.1) is 0 Å². The van der Waals surface area contributed by atoms with Crippen molar-refractivity contribution in [3.8, 4) is 11.5 Å². The Kier molecular flexibility index (Phi) is 5.31. The molecular formula is C22H23N3O5. The molecule has 0 unspecified atom stereocenters. The smallest absolute Gasteiger partial charge is 0.325 e. The average Bonchev–Trinajstić information content (AvgIpc) is 3.03. The summed E-state index contributed by atoms with van der Waals surface area (Å²) in [6.45, 7) is 1.97. The largest absolute Gasteiger partial charge is 0.486 e. The second-order valence-electron chi connectivity index (χ2n) is 7.25. The Morgan fingerprint density at radius 3 is 2.57 bits per heavy atom. The van der Waals surface area contributed by atoms with Crippen molar-refractivity contribution in [1.82, 2.24) is 15.5 Å². The van der Waals surface area contributed by atoms with Crippen LogP contribution in [0.1, 0.15) is 18.9 Å². The van der Waals surface area contributed by atoms with E-state index in [4.69, 9.17) is 9.47 Å². The Morgan fingerprint density at radius 1 is 1.13 bits per heavy atom. The van der Waals surface area contributed by atoms with Gasteiger partial charge in [-0.05, 0) is 24.1 Å². The van der Waals surface area contributed by atoms with Crippen molar-refractivity contribution in [1.29, 1.82) is 0 Å². The Bertz CT molecular complexity index is 964. The van der Waals surface area contributed by atoms with Gasteiger partial charge in [0, 0.05) is 0 Å². The predicted octanol–water partition coefficient (Wildman–Crippen LogP) is 1.80. The molecule has 0 aliphatic carbocycles. The topological polar surface area (TPSA) is 97.0 Å². The zero-order valence-electron chi connectivity index (χ0n) is 16.6. The number of nitrogens with one attached hydrogen (secondary N) is 2. The Morgan fingerprint density at radius 2 is 1.83 bits per heavy atom. The van der Waals surface area contributed by atoms with Crippen LogP contribution in [0, 0.1) is 0 Å². The summed E-state index contributed by atoms with van der Waals surface area (Å²) < 4.78 is 11.4. The van der Waals surface area contributed by atoms with Gasteiger partial charge in [-0.3, -0.25) is 14.5 Å². The highest BCUT2D eigenvalue weighted by Gasteiger charge is 2.51. The Balaban J connectivity index is 1.37. The van der Waals surface area contributed by atoms with Gasteiger partial charge in [0.25, 0.3) is 5.91 Å². The van der Waals surface area contributed by atoms with Crippen molar-refractivity contribution in [2.45, 2.75) is 25.0 Å². The van der Waals surface area contributed by atoms with Crippen LogP contribution in [0.3, 0.4) is 0 Å². The number of fused-ring (bicyclic) bond motifs is 1. The van der Waals surface area contributed by atoms with Crippen LogP contribution in [0.5, 0.6) is 11.5 Å². The van der Waals surface area contributed by atoms with Crippen molar-refractivity contribution >= 4 is 17.8 Å². The van der Waals surface area contributed by atoms with Crippen LogP contribution in [-0.2, 0) is 15.1 Å². The molecule has 30 heavy (non-hydrogen) atoms. The number of imide groups is 1. The van der Waals surface area contributed by atoms with Crippen molar-refractivity contribution < 1.29 is 23.9 Å². The van der Waals surface area contributed by atoms with E-state index in [1.165, 1.54) is 0 Å². The molecule has 2 atom stereocenters. The second kappa shape index (κ2) is 8.06. The molecule has 0 spiro atoms. The van der Waals surface area contributed by atoms with Crippen LogP contribution in [0.25, 0.3) is 0 Å². The van der Waals surface area contributed by atoms with Gasteiger partial charge in [-0.25, -0.2) is 4.79 Å². The van der Waals surface area contributed by atoms with Gasteiger partial charge in [0.15, 0.2) is 11.5 Å². The number of amides is 4. The van der Waals surface area contributed by atoms with Crippen molar-refractivity contribution in [2.24, 2.45) is 0 Å². The number of carbonyl (C=O) groups excluding carboxylic acids is 3. The number of ether oxygens (including phenoxy) is 2. The predicted molar refractivity (Wildman–Crippen MR) is 108 cm³/mol. The lowest BCUT2D eigenvalue weighted by molar-refractivity contribution is -0.135. The van der Waals surface area contributed by atoms with E-state index in [1.807, 2.05) is 43.3 Å². The molecule has 2 aromatic carbocycles. The minimum atomic E-state index is -1.15. The molecule has 0 radical (unpaired) electrons. The summed E-state index contributed by atoms with van der Waals surface area (Å²) in [7, 11) is 0. The number of para-hydroxylation sites is 2. The molecule has 8 heteroatoms. The fourth-order valence-corrected chi connectivity index (χ4v) is 3.72. The van der Waals surface area contributed by atoms with E-state index < -0.39 is 23.4 Å². The second-order valence-corrected chi connectivity index (χ2v) is 7.25. The lowest BCUT2D eigenvalue weighted by Crippen LogP contribution is -2.46. The van der Waals surface area contributed by atoms with E-state index in [9.17, 15) is 14.4 Å². The maximum absolute atomic E-state index is 13.1. The molecule has 2 aromatic rings. The minimum Gasteiger partial charge on any atom is -0.486 e. The van der Waals surface area contributed by atoms with Gasteiger partial charge in [-0.2, -0.15) is 0 Å². The van der Waals surface area contributed by atoms with Crippen molar-refractivity contribution in [2.75, 3.05) is 19.7 Å². The molecule has 156 valence electrons. The van der Waals surface area contributed by atoms with Gasteiger partial charge >= 0.3 is 6.03 Å². The zero-order chi connectivity index (χ0) is 21.1. The molecule has 1 saturated heterocycles. The van der Waals surface area contributed by atoms with Gasteiger partial charge in [-0.1, -0.05) is 49.4 Å². The zero-order valence-corrected chi connectivity index (χ0v) is 16.6. The first-order valence-corrected chi connectivity index (χ1v) is 9.88. The van der Waals surface area contributed by atoms with Crippen molar-refractivity contribution in [3.05, 3.63) is 60.2 Å². The third-order valence-electron chi connectivity index (χ3n) is 5.37. The first-order valence-electron chi connectivity index (χ1n) is 9.88. The van der Waals surface area contributed by atoms with Crippen LogP contribution in [0.4, 0.5) is 4.79 Å². The normalized spacial score (nSPS) is 22.6. The van der Waals surface area contributed by atoms with Crippen LogP contribution < -0.4 is 20.1 Å². The van der Waals surface area contributed by atoms with E-state index in [1.54, 1.807) is 18.2 Å². The summed E-state index contributed by atoms with van der Waals surface area (Å²) in [6, 6.07) is 15.8. The molecular weight excluding hydrogens is 386 g/mol. The van der Waals surface area contributed by atoms with Gasteiger partial charge < -0.3 is 20.1 Å². The molecule has 0 bridgehead atoms. The fraction of sp³-hybridized carbons (Fsp3) is 0.318. The van der Waals surface area contributed by atoms with Crippen LogP contribution in [-0.4, -0.2) is 48.5 Å². The number of nitrogens with zero attached hydrogens (tertiary/aromatic N) is 1. The van der Waals surface area contributed by atoms with E-state index in [0.717, 1.165) is 4.90 Å². The molecule has 2 heterocycles. The van der Waals surface area contributed by atoms with Gasteiger partial charge in [0.05, 0.1) is 6.54 Å². The van der Waals surface area contributed by atoms with Crippen LogP contribution in [0.2, 0.25) is 0 Å². The van der Waals surface area contributed by atoms with E-state index in [2.05, 4.69) is 10.6 Å². The van der Waals surface area contributed by atoms with E-state index in [0.29, 0.717) is 30.1 Å². The van der Waals surface area contributed by atoms with Gasteiger partial charge in [0.2, 0.25) is 5.91 Å². The number of urea groups is 1. The number of hydrogen-bond donors (Lipinski definition) is 2. The number of carbonyl (C=O) groups is 3. The van der Waals surface area contributed by atoms with E-state index >= 15 is 0 Å². The molecule has 2 aliphatic heterocycles. The first-order chi connectivity index (χ1) is 14.5. The lowest BCUT2D eigenvalue weighted by atomic mass is 9.87. The highest BCUT2D eigenvalue weighted by molar-refractivity contribution is 6.09. The lowest BCUT2D eigenvalue weighted by Gasteiger charge is -2.27. The maximum atomic E-state index is 13.1. The van der Waals surface area contributed by atoms with Crippen molar-refractivity contribution in [3.63, 3.8) is 0 Å². The van der Waals surface area contributed by atoms with Gasteiger partial charge in [0.1, 0.15) is 24.8 Å². The summed E-state index contributed by atoms with van der Waals surface area (Å²) in [6.07, 6.45) is 0.0258. The first kappa shape index (κ1) is 19.8. The molecule has 4 rings (SSSR count). The van der Waals surface area contributed by atoms with Crippen LogP contribution >= 0.6 is 0 Å². The average molecular weight is 409 g/mol.